The van der Waals surface area contributed by atoms with Crippen molar-refractivity contribution < 1.29 is 50.8 Å². The topological polar surface area (TPSA) is 197 Å². The van der Waals surface area contributed by atoms with Crippen molar-refractivity contribution in [1.82, 2.24) is 10.2 Å². The standard InChI is InChI=1S/C26H33BF6N6O5/c28-25(29,30)16-3-1-15(2-4-16)13-21(38-23(41)20(36)7-8-22(40)39(11-9-34)12-10-35)24(42)37-17-5-6-19(27(43)44)18(14-17)26(31,32)33/h1-6,14,20-21,43-44H,7-13,34-36H2,(H,37,42)(H,38,41)/t20?,21-/m1/s1. The van der Waals surface area contributed by atoms with Crippen LogP contribution in [-0.4, -0.2) is 78.1 Å². The van der Waals surface area contributed by atoms with E-state index in [1.807, 2.05) is 0 Å². The molecule has 0 fully saturated rings. The summed E-state index contributed by atoms with van der Waals surface area (Å²) in [5.41, 5.74) is 13.4. The van der Waals surface area contributed by atoms with E-state index >= 15 is 0 Å². The van der Waals surface area contributed by atoms with Crippen molar-refractivity contribution in [2.75, 3.05) is 31.5 Å². The molecule has 0 aliphatic carbocycles. The fourth-order valence-corrected chi connectivity index (χ4v) is 4.13. The van der Waals surface area contributed by atoms with Crippen molar-refractivity contribution in [2.45, 2.75) is 43.7 Å². The van der Waals surface area contributed by atoms with Crippen molar-refractivity contribution in [3.63, 3.8) is 0 Å². The first kappa shape index (κ1) is 36.5. The second-order valence-electron chi connectivity index (χ2n) is 9.73. The molecule has 1 unspecified atom stereocenters. The van der Waals surface area contributed by atoms with Crippen LogP contribution in [0.15, 0.2) is 42.5 Å². The summed E-state index contributed by atoms with van der Waals surface area (Å²) in [7, 11) is -2.46. The highest BCUT2D eigenvalue weighted by molar-refractivity contribution is 6.59. The Hall–Kier alpha value is -3.71. The second kappa shape index (κ2) is 15.9. The minimum atomic E-state index is -5.03. The first-order chi connectivity index (χ1) is 20.5. The van der Waals surface area contributed by atoms with Crippen LogP contribution in [-0.2, 0) is 33.2 Å². The molecule has 0 saturated carbocycles. The van der Waals surface area contributed by atoms with Crippen LogP contribution < -0.4 is 33.3 Å². The highest BCUT2D eigenvalue weighted by Crippen LogP contribution is 2.31. The van der Waals surface area contributed by atoms with Crippen molar-refractivity contribution in [2.24, 2.45) is 17.2 Å². The van der Waals surface area contributed by atoms with Crippen LogP contribution in [0.25, 0.3) is 0 Å². The average molecular weight is 634 g/mol. The predicted molar refractivity (Wildman–Crippen MR) is 149 cm³/mol. The summed E-state index contributed by atoms with van der Waals surface area (Å²) in [4.78, 5) is 39.9. The highest BCUT2D eigenvalue weighted by Gasteiger charge is 2.37. The Morgan fingerprint density at radius 3 is 1.98 bits per heavy atom. The van der Waals surface area contributed by atoms with Crippen molar-refractivity contribution in [3.05, 3.63) is 59.2 Å². The van der Waals surface area contributed by atoms with Crippen molar-refractivity contribution >= 4 is 36.0 Å². The van der Waals surface area contributed by atoms with Gasteiger partial charge in [-0.05, 0) is 41.7 Å². The highest BCUT2D eigenvalue weighted by atomic mass is 19.4. The Balaban J connectivity index is 2.28. The molecule has 11 nitrogen and oxygen atoms in total. The number of nitrogens with two attached hydrogens (primary N) is 3. The quantitative estimate of drug-likeness (QED) is 0.111. The normalized spacial score (nSPS) is 13.2. The smallest absolute Gasteiger partial charge is 0.423 e. The van der Waals surface area contributed by atoms with Crippen LogP contribution in [0.4, 0.5) is 32.0 Å². The first-order valence-electron chi connectivity index (χ1n) is 13.3. The molecule has 0 bridgehead atoms. The zero-order valence-corrected chi connectivity index (χ0v) is 23.3. The lowest BCUT2D eigenvalue weighted by atomic mass is 9.76. The third kappa shape index (κ3) is 10.8. The Morgan fingerprint density at radius 1 is 0.886 bits per heavy atom. The maximum atomic E-state index is 13.5. The Kier molecular flexibility index (Phi) is 13.1. The summed E-state index contributed by atoms with van der Waals surface area (Å²) in [6.07, 6.45) is -10.4. The fraction of sp³-hybridized carbons (Fsp3) is 0.423. The molecular weight excluding hydrogens is 601 g/mol. The monoisotopic (exact) mass is 634 g/mol. The van der Waals surface area contributed by atoms with Crippen molar-refractivity contribution in [3.8, 4) is 0 Å². The van der Waals surface area contributed by atoms with Gasteiger partial charge in [0.15, 0.2) is 0 Å². The lowest BCUT2D eigenvalue weighted by Crippen LogP contribution is -2.51. The SMILES string of the molecule is NCCN(CCN)C(=O)CCC(N)C(=O)N[C@H](Cc1ccc(C(F)(F)F)cc1)C(=O)Nc1ccc(B(O)O)c(C(F)(F)F)c1. The Morgan fingerprint density at radius 2 is 1.48 bits per heavy atom. The van der Waals surface area contributed by atoms with E-state index in [9.17, 15) is 50.8 Å². The van der Waals surface area contributed by atoms with E-state index in [-0.39, 0.29) is 56.9 Å². The molecule has 0 spiro atoms. The fourth-order valence-electron chi connectivity index (χ4n) is 4.13. The molecule has 2 aromatic rings. The van der Waals surface area contributed by atoms with Gasteiger partial charge in [0.25, 0.3) is 0 Å². The van der Waals surface area contributed by atoms with Gasteiger partial charge in [-0.2, -0.15) is 26.3 Å². The van der Waals surface area contributed by atoms with Crippen LogP contribution in [0.1, 0.15) is 29.5 Å². The molecule has 3 amide bonds. The van der Waals surface area contributed by atoms with E-state index in [0.717, 1.165) is 36.4 Å². The number of nitrogens with zero attached hydrogens (tertiary/aromatic N) is 1. The van der Waals surface area contributed by atoms with Gasteiger partial charge < -0.3 is 42.8 Å². The van der Waals surface area contributed by atoms with Crippen LogP contribution in [0.3, 0.4) is 0 Å². The molecule has 0 radical (unpaired) electrons. The predicted octanol–water partition coefficient (Wildman–Crippen LogP) is -0.0765. The number of hydrogen-bond acceptors (Lipinski definition) is 8. The minimum Gasteiger partial charge on any atom is -0.423 e. The Bertz CT molecular complexity index is 1270. The number of anilines is 1. The number of hydrogen-bond donors (Lipinski definition) is 7. The molecule has 0 saturated heterocycles. The molecule has 0 aliphatic rings. The molecule has 2 rings (SSSR count). The Labute approximate surface area is 248 Å². The first-order valence-corrected chi connectivity index (χ1v) is 13.3. The summed E-state index contributed by atoms with van der Waals surface area (Å²) in [5.74, 6) is -2.34. The van der Waals surface area contributed by atoms with E-state index in [1.165, 1.54) is 4.90 Å². The molecule has 0 heterocycles. The number of carbonyl (C=O) groups is 3. The van der Waals surface area contributed by atoms with E-state index in [1.54, 1.807) is 0 Å². The van der Waals surface area contributed by atoms with Crippen LogP contribution in [0.5, 0.6) is 0 Å². The number of amides is 3. The largest absolute Gasteiger partial charge is 0.489 e. The molecule has 242 valence electrons. The molecule has 2 atom stereocenters. The summed E-state index contributed by atoms with van der Waals surface area (Å²) < 4.78 is 79.4. The summed E-state index contributed by atoms with van der Waals surface area (Å²) in [6, 6.07) is 2.94. The second-order valence-corrected chi connectivity index (χ2v) is 9.73. The van der Waals surface area contributed by atoms with Gasteiger partial charge in [0, 0.05) is 44.7 Å². The number of nitrogens with one attached hydrogen (secondary N) is 2. The zero-order chi connectivity index (χ0) is 33.2. The third-order valence-electron chi connectivity index (χ3n) is 6.42. The van der Waals surface area contributed by atoms with E-state index < -0.39 is 65.6 Å². The van der Waals surface area contributed by atoms with E-state index in [4.69, 9.17) is 17.2 Å². The van der Waals surface area contributed by atoms with Crippen LogP contribution >= 0.6 is 0 Å². The van der Waals surface area contributed by atoms with Gasteiger partial charge >= 0.3 is 19.5 Å². The van der Waals surface area contributed by atoms with Crippen LogP contribution in [0.2, 0.25) is 0 Å². The molecule has 0 aliphatic heterocycles. The maximum Gasteiger partial charge on any atom is 0.489 e. The average Bonchev–Trinajstić information content (AvgIpc) is 2.94. The van der Waals surface area contributed by atoms with Gasteiger partial charge in [-0.3, -0.25) is 14.4 Å². The van der Waals surface area contributed by atoms with E-state index in [2.05, 4.69) is 10.6 Å². The molecule has 2 aromatic carbocycles. The number of carbonyl (C=O) groups excluding carboxylic acids is 3. The third-order valence-corrected chi connectivity index (χ3v) is 6.42. The van der Waals surface area contributed by atoms with Gasteiger partial charge in [-0.25, -0.2) is 0 Å². The van der Waals surface area contributed by atoms with Gasteiger partial charge in [0.2, 0.25) is 17.7 Å². The molecule has 18 heteroatoms. The number of alkyl halides is 6. The minimum absolute atomic E-state index is 0.162. The molecule has 44 heavy (non-hydrogen) atoms. The summed E-state index contributed by atoms with van der Waals surface area (Å²) >= 11 is 0. The number of halogens is 6. The van der Waals surface area contributed by atoms with Crippen LogP contribution in [0, 0.1) is 0 Å². The van der Waals surface area contributed by atoms with Gasteiger partial charge in [-0.1, -0.05) is 18.2 Å². The zero-order valence-electron chi connectivity index (χ0n) is 23.3. The molecular formula is C26H33BF6N6O5. The van der Waals surface area contributed by atoms with Gasteiger partial charge in [0.1, 0.15) is 6.04 Å². The number of rotatable bonds is 14. The maximum absolute atomic E-state index is 13.5. The molecule has 0 aromatic heterocycles. The van der Waals surface area contributed by atoms with Gasteiger partial charge in [-0.15, -0.1) is 0 Å². The van der Waals surface area contributed by atoms with Crippen molar-refractivity contribution in [1.29, 1.82) is 0 Å². The summed E-state index contributed by atoms with van der Waals surface area (Å²) in [5, 5.41) is 23.1. The van der Waals surface area contributed by atoms with Gasteiger partial charge in [0.05, 0.1) is 17.2 Å². The summed E-state index contributed by atoms with van der Waals surface area (Å²) in [6.45, 7) is 0.794. The lowest BCUT2D eigenvalue weighted by molar-refractivity contribution is -0.138. The van der Waals surface area contributed by atoms with E-state index in [0.29, 0.717) is 6.07 Å². The number of benzene rings is 2. The molecule has 10 N–H and O–H groups in total. The lowest BCUT2D eigenvalue weighted by Gasteiger charge is -2.23.